The van der Waals surface area contributed by atoms with E-state index in [1.807, 2.05) is 0 Å². The molecule has 1 amide bonds. The highest BCUT2D eigenvalue weighted by molar-refractivity contribution is 5.77. The van der Waals surface area contributed by atoms with Crippen molar-refractivity contribution in [1.82, 2.24) is 10.2 Å². The summed E-state index contributed by atoms with van der Waals surface area (Å²) < 4.78 is 35.4. The summed E-state index contributed by atoms with van der Waals surface area (Å²) in [7, 11) is 1.33. The van der Waals surface area contributed by atoms with Crippen LogP contribution in [0.2, 0.25) is 0 Å². The average molecular weight is 222 g/mol. The number of carbonyl (C=O) groups is 1. The van der Waals surface area contributed by atoms with Crippen molar-refractivity contribution in [3.05, 3.63) is 0 Å². The minimum absolute atomic E-state index is 0.0431. The van der Waals surface area contributed by atoms with Gasteiger partial charge in [0.05, 0.1) is 19.5 Å². The second-order valence-corrected chi connectivity index (χ2v) is 2.99. The van der Waals surface area contributed by atoms with Gasteiger partial charge in [0.2, 0.25) is 5.91 Å². The lowest BCUT2D eigenvalue weighted by Gasteiger charge is -2.17. The van der Waals surface area contributed by atoms with E-state index in [-0.39, 0.29) is 19.6 Å². The summed E-state index contributed by atoms with van der Waals surface area (Å²) in [5, 5.41) is 2.60. The van der Waals surface area contributed by atoms with Gasteiger partial charge < -0.3 is 4.90 Å². The Labute approximate surface area is 86.6 Å². The van der Waals surface area contributed by atoms with E-state index in [1.54, 1.807) is 0 Å². The number of halogens is 3. The Morgan fingerprint density at radius 3 is 2.60 bits per heavy atom. The van der Waals surface area contributed by atoms with Crippen LogP contribution in [0.1, 0.15) is 6.42 Å². The van der Waals surface area contributed by atoms with E-state index in [2.05, 4.69) is 11.2 Å². The quantitative estimate of drug-likeness (QED) is 0.546. The van der Waals surface area contributed by atoms with Crippen LogP contribution >= 0.6 is 0 Å². The summed E-state index contributed by atoms with van der Waals surface area (Å²) in [4.78, 5) is 12.2. The van der Waals surface area contributed by atoms with Crippen molar-refractivity contribution in [3.63, 3.8) is 0 Å². The zero-order chi connectivity index (χ0) is 11.9. The smallest absolute Gasteiger partial charge is 0.344 e. The molecule has 0 rings (SSSR count). The summed E-state index contributed by atoms with van der Waals surface area (Å²) in [5.74, 6) is 1.85. The molecule has 15 heavy (non-hydrogen) atoms. The van der Waals surface area contributed by atoms with Crippen LogP contribution in [0.3, 0.4) is 0 Å². The largest absolute Gasteiger partial charge is 0.390 e. The van der Waals surface area contributed by atoms with Crippen molar-refractivity contribution >= 4 is 5.91 Å². The Morgan fingerprint density at radius 1 is 1.53 bits per heavy atom. The van der Waals surface area contributed by atoms with Gasteiger partial charge in [-0.2, -0.15) is 13.2 Å². The van der Waals surface area contributed by atoms with E-state index in [9.17, 15) is 18.0 Å². The van der Waals surface area contributed by atoms with Crippen LogP contribution in [0, 0.1) is 12.3 Å². The van der Waals surface area contributed by atoms with Gasteiger partial charge in [-0.1, -0.05) is 5.92 Å². The molecule has 1 N–H and O–H groups in total. The first-order valence-corrected chi connectivity index (χ1v) is 4.31. The number of carbonyl (C=O) groups excluding carboxylic acids is 1. The topological polar surface area (TPSA) is 32.3 Å². The molecule has 0 spiro atoms. The molecule has 0 unspecified atom stereocenters. The van der Waals surface area contributed by atoms with Gasteiger partial charge in [-0.25, -0.2) is 0 Å². The zero-order valence-corrected chi connectivity index (χ0v) is 8.40. The molecule has 0 aromatic rings. The summed E-state index contributed by atoms with van der Waals surface area (Å²) in [6.45, 7) is -0.155. The second-order valence-electron chi connectivity index (χ2n) is 2.99. The maximum absolute atomic E-state index is 11.8. The first kappa shape index (κ1) is 13.8. The van der Waals surface area contributed by atoms with Crippen LogP contribution in [-0.4, -0.2) is 43.7 Å². The van der Waals surface area contributed by atoms with E-state index in [1.165, 1.54) is 7.05 Å². The van der Waals surface area contributed by atoms with Crippen LogP contribution < -0.4 is 5.32 Å². The number of nitrogens with one attached hydrogen (secondary N) is 1. The van der Waals surface area contributed by atoms with Gasteiger partial charge in [-0.3, -0.25) is 10.1 Å². The van der Waals surface area contributed by atoms with E-state index in [0.717, 1.165) is 4.90 Å². The van der Waals surface area contributed by atoms with E-state index >= 15 is 0 Å². The fourth-order valence-corrected chi connectivity index (χ4v) is 0.796. The minimum Gasteiger partial charge on any atom is -0.344 e. The molecule has 0 saturated carbocycles. The molecule has 6 heteroatoms. The normalized spacial score (nSPS) is 10.9. The van der Waals surface area contributed by atoms with Crippen molar-refractivity contribution in [2.45, 2.75) is 12.6 Å². The van der Waals surface area contributed by atoms with Crippen molar-refractivity contribution < 1.29 is 18.0 Å². The number of alkyl halides is 3. The van der Waals surface area contributed by atoms with E-state index < -0.39 is 18.5 Å². The number of terminal acetylenes is 1. The maximum atomic E-state index is 11.8. The molecule has 0 aliphatic carbocycles. The lowest BCUT2D eigenvalue weighted by Crippen LogP contribution is -2.37. The number of rotatable bonds is 5. The van der Waals surface area contributed by atoms with Crippen molar-refractivity contribution in [3.8, 4) is 12.3 Å². The molecule has 3 nitrogen and oxygen atoms in total. The minimum atomic E-state index is -4.24. The molecule has 0 aromatic carbocycles. The van der Waals surface area contributed by atoms with E-state index in [4.69, 9.17) is 6.42 Å². The fourth-order valence-electron chi connectivity index (χ4n) is 0.796. The molecule has 0 aromatic heterocycles. The molecule has 0 aliphatic heterocycles. The van der Waals surface area contributed by atoms with Crippen molar-refractivity contribution in [2.24, 2.45) is 0 Å². The van der Waals surface area contributed by atoms with Crippen LogP contribution in [0.25, 0.3) is 0 Å². The molecule has 0 saturated heterocycles. The summed E-state index contributed by atoms with van der Waals surface area (Å²) >= 11 is 0. The van der Waals surface area contributed by atoms with Gasteiger partial charge in [-0.05, 0) is 0 Å². The van der Waals surface area contributed by atoms with Gasteiger partial charge in [0, 0.05) is 13.6 Å². The first-order valence-electron chi connectivity index (χ1n) is 4.31. The van der Waals surface area contributed by atoms with Gasteiger partial charge in [0.25, 0.3) is 0 Å². The lowest BCUT2D eigenvalue weighted by atomic mass is 10.3. The van der Waals surface area contributed by atoms with Gasteiger partial charge in [0.15, 0.2) is 0 Å². The Kier molecular flexibility index (Phi) is 5.79. The molecular weight excluding hydrogens is 209 g/mol. The summed E-state index contributed by atoms with van der Waals surface area (Å²) in [6.07, 6.45) is -0.311. The Bertz CT molecular complexity index is 245. The fraction of sp³-hybridized carbons (Fsp3) is 0.667. The van der Waals surface area contributed by atoms with E-state index in [0.29, 0.717) is 0 Å². The molecule has 86 valence electrons. The number of nitrogens with zero attached hydrogens (tertiary/aromatic N) is 1. The van der Waals surface area contributed by atoms with Crippen LogP contribution in [0.5, 0.6) is 0 Å². The lowest BCUT2D eigenvalue weighted by molar-refractivity contribution is -0.143. The Hall–Kier alpha value is -1.22. The Morgan fingerprint density at radius 2 is 2.13 bits per heavy atom. The highest BCUT2D eigenvalue weighted by Gasteiger charge is 2.27. The molecule has 0 aliphatic rings. The third-order valence-electron chi connectivity index (χ3n) is 1.66. The van der Waals surface area contributed by atoms with Crippen LogP contribution in [0.15, 0.2) is 0 Å². The van der Waals surface area contributed by atoms with Crippen LogP contribution in [-0.2, 0) is 4.79 Å². The predicted molar refractivity (Wildman–Crippen MR) is 50.0 cm³/mol. The molecule has 0 fully saturated rings. The van der Waals surface area contributed by atoms with Crippen molar-refractivity contribution in [1.29, 1.82) is 0 Å². The monoisotopic (exact) mass is 222 g/mol. The molecule has 0 atom stereocenters. The predicted octanol–water partition coefficient (Wildman–Crippen LogP) is 0.620. The number of amides is 1. The number of likely N-dealkylation sites (N-methyl/N-ethyl adjacent to an activating group) is 1. The highest BCUT2D eigenvalue weighted by atomic mass is 19.4. The molecule has 0 heterocycles. The second kappa shape index (κ2) is 6.30. The average Bonchev–Trinajstić information content (AvgIpc) is 2.13. The third kappa shape index (κ3) is 7.82. The maximum Gasteiger partial charge on any atom is 0.390 e. The number of hydrogen-bond donors (Lipinski definition) is 1. The van der Waals surface area contributed by atoms with Crippen LogP contribution in [0.4, 0.5) is 13.2 Å². The summed E-state index contributed by atoms with van der Waals surface area (Å²) in [5.41, 5.74) is 0. The van der Waals surface area contributed by atoms with Gasteiger partial charge in [-0.15, -0.1) is 6.42 Å². The highest BCUT2D eigenvalue weighted by Crippen LogP contribution is 2.19. The molecule has 0 radical (unpaired) electrons. The first-order chi connectivity index (χ1) is 6.87. The molecule has 0 bridgehead atoms. The standard InChI is InChI=1S/C9H13F3N2O/c1-3-5-13-7-8(15)14(2)6-4-9(10,11)12/h1,13H,4-7H2,2H3. The zero-order valence-electron chi connectivity index (χ0n) is 8.40. The van der Waals surface area contributed by atoms with Gasteiger partial charge >= 0.3 is 6.18 Å². The summed E-state index contributed by atoms with van der Waals surface area (Å²) in [6, 6.07) is 0. The number of hydrogen-bond acceptors (Lipinski definition) is 2. The SMILES string of the molecule is C#CCNCC(=O)N(C)CCC(F)(F)F. The third-order valence-corrected chi connectivity index (χ3v) is 1.66. The Balaban J connectivity index is 3.75. The molecular formula is C9H13F3N2O. The van der Waals surface area contributed by atoms with Crippen molar-refractivity contribution in [2.75, 3.05) is 26.7 Å². The van der Waals surface area contributed by atoms with Gasteiger partial charge in [0.1, 0.15) is 0 Å².